The summed E-state index contributed by atoms with van der Waals surface area (Å²) in [5.74, 6) is -0.721. The van der Waals surface area contributed by atoms with Crippen LogP contribution in [0.25, 0.3) is 0 Å². The first-order chi connectivity index (χ1) is 8.47. The maximum absolute atomic E-state index is 11.1. The van der Waals surface area contributed by atoms with Crippen molar-refractivity contribution in [1.82, 2.24) is 9.78 Å². The molecule has 2 rings (SSSR count). The van der Waals surface area contributed by atoms with Crippen LogP contribution in [0.4, 0.5) is 5.69 Å². The molecule has 1 aromatic carbocycles. The van der Waals surface area contributed by atoms with Crippen LogP contribution in [0.3, 0.4) is 0 Å². The second kappa shape index (κ2) is 4.58. The van der Waals surface area contributed by atoms with E-state index in [-0.39, 0.29) is 22.0 Å². The van der Waals surface area contributed by atoms with Crippen LogP contribution < -0.4 is 10.5 Å². The van der Waals surface area contributed by atoms with Crippen molar-refractivity contribution in [3.05, 3.63) is 35.1 Å². The Morgan fingerprint density at radius 3 is 2.83 bits per heavy atom. The summed E-state index contributed by atoms with van der Waals surface area (Å²) in [5, 5.41) is 13.1. The normalized spacial score (nSPS) is 10.3. The Balaban J connectivity index is 2.46. The smallest absolute Gasteiger partial charge is 0.339 e. The minimum atomic E-state index is -1.16. The zero-order chi connectivity index (χ0) is 13.3. The highest BCUT2D eigenvalue weighted by molar-refractivity contribution is 6.33. The predicted molar refractivity (Wildman–Crippen MR) is 66.1 cm³/mol. The van der Waals surface area contributed by atoms with Gasteiger partial charge in [-0.05, 0) is 12.1 Å². The summed E-state index contributed by atoms with van der Waals surface area (Å²) in [6.45, 7) is 0. The van der Waals surface area contributed by atoms with Crippen molar-refractivity contribution in [2.75, 3.05) is 5.73 Å². The number of nitrogens with two attached hydrogens (primary N) is 1. The third-order valence-corrected chi connectivity index (χ3v) is 2.48. The summed E-state index contributed by atoms with van der Waals surface area (Å²) in [7, 11) is 1.72. The molecule has 0 spiro atoms. The summed E-state index contributed by atoms with van der Waals surface area (Å²) in [4.78, 5) is 11.1. The van der Waals surface area contributed by atoms with E-state index in [2.05, 4.69) is 5.10 Å². The summed E-state index contributed by atoms with van der Waals surface area (Å²) >= 11 is 5.94. The molecule has 0 aliphatic carbocycles. The number of benzene rings is 1. The lowest BCUT2D eigenvalue weighted by Gasteiger charge is -2.09. The van der Waals surface area contributed by atoms with Crippen LogP contribution in [0.2, 0.25) is 5.02 Å². The Bertz CT molecular complexity index is 610. The molecule has 6 nitrogen and oxygen atoms in total. The highest BCUT2D eigenvalue weighted by Crippen LogP contribution is 2.34. The summed E-state index contributed by atoms with van der Waals surface area (Å²) in [6, 6.07) is 2.72. The minimum Gasteiger partial charge on any atom is -0.478 e. The Kier molecular flexibility index (Phi) is 3.12. The number of carbonyl (C=O) groups is 1. The highest BCUT2D eigenvalue weighted by Gasteiger charge is 2.17. The topological polar surface area (TPSA) is 90.4 Å². The first kappa shape index (κ1) is 12.3. The molecule has 0 amide bonds. The third-order valence-electron chi connectivity index (χ3n) is 2.20. The Labute approximate surface area is 108 Å². The maximum Gasteiger partial charge on any atom is 0.339 e. The lowest BCUT2D eigenvalue weighted by Crippen LogP contribution is -2.02. The molecule has 1 heterocycles. The van der Waals surface area contributed by atoms with Gasteiger partial charge in [0, 0.05) is 12.7 Å². The maximum atomic E-state index is 11.1. The molecule has 0 atom stereocenters. The zero-order valence-corrected chi connectivity index (χ0v) is 10.2. The average molecular weight is 268 g/mol. The molecule has 0 saturated carbocycles. The first-order valence-electron chi connectivity index (χ1n) is 4.96. The second-order valence-corrected chi connectivity index (χ2v) is 4.04. The standard InChI is InChI=1S/C11H10ClN3O3/c1-15-5-7(4-14-15)18-10-8(11(16)17)2-6(13)3-9(10)12/h2-5H,13H2,1H3,(H,16,17). The molecule has 94 valence electrons. The largest absolute Gasteiger partial charge is 0.478 e. The summed E-state index contributed by atoms with van der Waals surface area (Å²) in [6.07, 6.45) is 3.05. The molecular weight excluding hydrogens is 258 g/mol. The molecule has 0 fully saturated rings. The fourth-order valence-corrected chi connectivity index (χ4v) is 1.71. The van der Waals surface area contributed by atoms with Gasteiger partial charge in [-0.15, -0.1) is 0 Å². The van der Waals surface area contributed by atoms with Crippen molar-refractivity contribution in [2.24, 2.45) is 7.05 Å². The fraction of sp³-hybridized carbons (Fsp3) is 0.0909. The number of nitrogen functional groups attached to an aromatic ring is 1. The second-order valence-electron chi connectivity index (χ2n) is 3.64. The van der Waals surface area contributed by atoms with Gasteiger partial charge >= 0.3 is 5.97 Å². The number of rotatable bonds is 3. The molecule has 0 bridgehead atoms. The fourth-order valence-electron chi connectivity index (χ4n) is 1.45. The Hall–Kier alpha value is -2.21. The van der Waals surface area contributed by atoms with Gasteiger partial charge in [0.15, 0.2) is 11.5 Å². The molecule has 2 aromatic rings. The van der Waals surface area contributed by atoms with Gasteiger partial charge in [0.2, 0.25) is 0 Å². The number of carboxylic acid groups (broad SMARTS) is 1. The van der Waals surface area contributed by atoms with Gasteiger partial charge < -0.3 is 15.6 Å². The lowest BCUT2D eigenvalue weighted by molar-refractivity contribution is 0.0694. The number of aromatic nitrogens is 2. The molecule has 0 aliphatic rings. The molecular formula is C11H10ClN3O3. The predicted octanol–water partition coefficient (Wildman–Crippen LogP) is 2.15. The van der Waals surface area contributed by atoms with Crippen LogP contribution in [-0.4, -0.2) is 20.9 Å². The number of anilines is 1. The third kappa shape index (κ3) is 2.38. The zero-order valence-electron chi connectivity index (χ0n) is 9.42. The Morgan fingerprint density at radius 1 is 1.56 bits per heavy atom. The monoisotopic (exact) mass is 267 g/mol. The van der Waals surface area contributed by atoms with Crippen LogP contribution in [0.1, 0.15) is 10.4 Å². The van der Waals surface area contributed by atoms with Crippen molar-refractivity contribution >= 4 is 23.3 Å². The molecule has 1 aromatic heterocycles. The van der Waals surface area contributed by atoms with Crippen LogP contribution in [0, 0.1) is 0 Å². The van der Waals surface area contributed by atoms with Crippen molar-refractivity contribution in [3.8, 4) is 11.5 Å². The quantitative estimate of drug-likeness (QED) is 0.832. The van der Waals surface area contributed by atoms with Crippen molar-refractivity contribution in [3.63, 3.8) is 0 Å². The van der Waals surface area contributed by atoms with E-state index < -0.39 is 5.97 Å². The molecule has 0 saturated heterocycles. The number of aryl methyl sites for hydroxylation is 1. The number of ether oxygens (including phenoxy) is 1. The van der Waals surface area contributed by atoms with Crippen molar-refractivity contribution in [1.29, 1.82) is 0 Å². The van der Waals surface area contributed by atoms with E-state index in [1.165, 1.54) is 23.0 Å². The molecule has 0 radical (unpaired) electrons. The van der Waals surface area contributed by atoms with Crippen molar-refractivity contribution < 1.29 is 14.6 Å². The van der Waals surface area contributed by atoms with E-state index in [1.807, 2.05) is 0 Å². The van der Waals surface area contributed by atoms with E-state index >= 15 is 0 Å². The van der Waals surface area contributed by atoms with E-state index in [9.17, 15) is 4.79 Å². The number of carboxylic acids is 1. The number of nitrogens with zero attached hydrogens (tertiary/aromatic N) is 2. The lowest BCUT2D eigenvalue weighted by atomic mass is 10.2. The van der Waals surface area contributed by atoms with Gasteiger partial charge in [-0.2, -0.15) is 5.10 Å². The van der Waals surface area contributed by atoms with E-state index in [0.717, 1.165) is 0 Å². The van der Waals surface area contributed by atoms with E-state index in [4.69, 9.17) is 27.2 Å². The van der Waals surface area contributed by atoms with Gasteiger partial charge in [-0.25, -0.2) is 4.79 Å². The molecule has 0 unspecified atom stereocenters. The molecule has 18 heavy (non-hydrogen) atoms. The Morgan fingerprint density at radius 2 is 2.28 bits per heavy atom. The minimum absolute atomic E-state index is 0.0476. The average Bonchev–Trinajstić information content (AvgIpc) is 2.67. The number of hydrogen-bond donors (Lipinski definition) is 2. The molecule has 7 heteroatoms. The van der Waals surface area contributed by atoms with Gasteiger partial charge in [0.25, 0.3) is 0 Å². The number of aromatic carboxylic acids is 1. The van der Waals surface area contributed by atoms with Gasteiger partial charge in [0.1, 0.15) is 5.56 Å². The summed E-state index contributed by atoms with van der Waals surface area (Å²) in [5.41, 5.74) is 5.71. The number of halogens is 1. The molecule has 3 N–H and O–H groups in total. The van der Waals surface area contributed by atoms with Gasteiger partial charge in [0.05, 0.1) is 17.4 Å². The van der Waals surface area contributed by atoms with Gasteiger partial charge in [-0.3, -0.25) is 4.68 Å². The highest BCUT2D eigenvalue weighted by atomic mass is 35.5. The van der Waals surface area contributed by atoms with Crippen LogP contribution in [0.15, 0.2) is 24.5 Å². The first-order valence-corrected chi connectivity index (χ1v) is 5.34. The van der Waals surface area contributed by atoms with Gasteiger partial charge in [-0.1, -0.05) is 11.6 Å². The summed E-state index contributed by atoms with van der Waals surface area (Å²) < 4.78 is 6.95. The van der Waals surface area contributed by atoms with E-state index in [0.29, 0.717) is 5.75 Å². The number of hydrogen-bond acceptors (Lipinski definition) is 4. The van der Waals surface area contributed by atoms with Crippen LogP contribution in [0.5, 0.6) is 11.5 Å². The molecule has 0 aliphatic heterocycles. The SMILES string of the molecule is Cn1cc(Oc2c(Cl)cc(N)cc2C(=O)O)cn1. The van der Waals surface area contributed by atoms with Crippen molar-refractivity contribution in [2.45, 2.75) is 0 Å². The van der Waals surface area contributed by atoms with Crippen LogP contribution in [-0.2, 0) is 7.05 Å². The van der Waals surface area contributed by atoms with Crippen LogP contribution >= 0.6 is 11.6 Å². The van der Waals surface area contributed by atoms with E-state index in [1.54, 1.807) is 13.2 Å².